The normalized spacial score (nSPS) is 13.9. The smallest absolute Gasteiger partial charge is 0.193 e. The van der Waals surface area contributed by atoms with Crippen LogP contribution in [0.1, 0.15) is 29.8 Å². The zero-order valence-corrected chi connectivity index (χ0v) is 14.8. The van der Waals surface area contributed by atoms with Crippen LogP contribution in [0.25, 0.3) is 0 Å². The number of rotatable bonds is 3. The average Bonchev–Trinajstić information content (AvgIpc) is 2.54. The Labute approximate surface area is 148 Å². The lowest BCUT2D eigenvalue weighted by molar-refractivity contribution is 0.663. The van der Waals surface area contributed by atoms with Crippen LogP contribution in [0.4, 0.5) is 5.69 Å². The standard InChI is InChI=1S/C17H20N4.HI/c18-17(21-14-7-2-1-3-8-14)19-12-15-11-10-13-6-4-5-9-16(13)20-15;/h1-3,7-8,10-11H,4-6,9,12H2,(H3,18,19,21);1H. The lowest BCUT2D eigenvalue weighted by Gasteiger charge is -2.15. The summed E-state index contributed by atoms with van der Waals surface area (Å²) >= 11 is 0. The van der Waals surface area contributed by atoms with Gasteiger partial charge in [-0.1, -0.05) is 24.3 Å². The molecular weight excluding hydrogens is 387 g/mol. The summed E-state index contributed by atoms with van der Waals surface area (Å²) in [6, 6.07) is 14.0. The van der Waals surface area contributed by atoms with Gasteiger partial charge < -0.3 is 11.1 Å². The van der Waals surface area contributed by atoms with Crippen LogP contribution < -0.4 is 11.1 Å². The van der Waals surface area contributed by atoms with Gasteiger partial charge in [0, 0.05) is 11.4 Å². The Balaban J connectivity index is 0.00000176. The van der Waals surface area contributed by atoms with Gasteiger partial charge in [0.1, 0.15) is 0 Å². The van der Waals surface area contributed by atoms with Crippen LogP contribution in [0.5, 0.6) is 0 Å². The molecule has 3 N–H and O–H groups in total. The van der Waals surface area contributed by atoms with Gasteiger partial charge in [0.2, 0.25) is 0 Å². The molecule has 1 aromatic carbocycles. The van der Waals surface area contributed by atoms with Crippen molar-refractivity contribution in [3.63, 3.8) is 0 Å². The van der Waals surface area contributed by atoms with Crippen LogP contribution in [0.2, 0.25) is 0 Å². The van der Waals surface area contributed by atoms with Gasteiger partial charge >= 0.3 is 0 Å². The number of benzene rings is 1. The number of hydrogen-bond acceptors (Lipinski definition) is 2. The molecule has 1 aliphatic rings. The van der Waals surface area contributed by atoms with Gasteiger partial charge in [-0.2, -0.15) is 0 Å². The number of nitrogens with two attached hydrogens (primary N) is 1. The lowest BCUT2D eigenvalue weighted by Crippen LogP contribution is -2.22. The fourth-order valence-corrected chi connectivity index (χ4v) is 2.59. The van der Waals surface area contributed by atoms with E-state index in [0.717, 1.165) is 24.2 Å². The van der Waals surface area contributed by atoms with E-state index in [0.29, 0.717) is 12.5 Å². The molecule has 0 radical (unpaired) electrons. The number of halogens is 1. The van der Waals surface area contributed by atoms with Crippen LogP contribution >= 0.6 is 24.0 Å². The summed E-state index contributed by atoms with van der Waals surface area (Å²) in [5.74, 6) is 0.417. The number of guanidine groups is 1. The van der Waals surface area contributed by atoms with Crippen molar-refractivity contribution in [3.8, 4) is 0 Å². The van der Waals surface area contributed by atoms with E-state index in [2.05, 4.69) is 22.4 Å². The van der Waals surface area contributed by atoms with Crippen LogP contribution in [-0.2, 0) is 19.4 Å². The van der Waals surface area contributed by atoms with Gasteiger partial charge in [-0.25, -0.2) is 4.99 Å². The summed E-state index contributed by atoms with van der Waals surface area (Å²) in [6.07, 6.45) is 4.76. The molecule has 0 unspecified atom stereocenters. The monoisotopic (exact) mass is 408 g/mol. The maximum atomic E-state index is 5.90. The molecule has 0 aliphatic heterocycles. The van der Waals surface area contributed by atoms with E-state index in [4.69, 9.17) is 10.7 Å². The summed E-state index contributed by atoms with van der Waals surface area (Å²) in [6.45, 7) is 0.513. The third kappa shape index (κ3) is 4.43. The SMILES string of the molecule is I.NC(=NCc1ccc2c(n1)CCCC2)Nc1ccccc1. The molecule has 0 atom stereocenters. The van der Waals surface area contributed by atoms with E-state index in [1.54, 1.807) is 0 Å². The van der Waals surface area contributed by atoms with Crippen molar-refractivity contribution in [2.24, 2.45) is 10.7 Å². The van der Waals surface area contributed by atoms with Gasteiger partial charge in [-0.15, -0.1) is 24.0 Å². The molecule has 2 aromatic rings. The van der Waals surface area contributed by atoms with Crippen molar-refractivity contribution < 1.29 is 0 Å². The van der Waals surface area contributed by atoms with E-state index < -0.39 is 0 Å². The number of anilines is 1. The molecule has 5 heteroatoms. The number of hydrogen-bond donors (Lipinski definition) is 2. The van der Waals surface area contributed by atoms with Crippen LogP contribution in [0.15, 0.2) is 47.5 Å². The number of fused-ring (bicyclic) bond motifs is 1. The number of aromatic nitrogens is 1. The number of para-hydroxylation sites is 1. The second-order valence-electron chi connectivity index (χ2n) is 5.31. The molecule has 0 saturated heterocycles. The van der Waals surface area contributed by atoms with Gasteiger partial charge in [-0.3, -0.25) is 4.98 Å². The number of aryl methyl sites for hydroxylation is 2. The van der Waals surface area contributed by atoms with Crippen molar-refractivity contribution in [1.82, 2.24) is 4.98 Å². The first-order valence-corrected chi connectivity index (χ1v) is 7.41. The zero-order chi connectivity index (χ0) is 14.5. The predicted molar refractivity (Wildman–Crippen MR) is 102 cm³/mol. The molecule has 0 bridgehead atoms. The summed E-state index contributed by atoms with van der Waals surface area (Å²) in [4.78, 5) is 9.06. The molecule has 1 heterocycles. The summed E-state index contributed by atoms with van der Waals surface area (Å²) < 4.78 is 0. The minimum Gasteiger partial charge on any atom is -0.370 e. The predicted octanol–water partition coefficient (Wildman–Crippen LogP) is 3.51. The summed E-state index contributed by atoms with van der Waals surface area (Å²) in [5, 5.41) is 3.07. The fourth-order valence-electron chi connectivity index (χ4n) is 2.59. The largest absolute Gasteiger partial charge is 0.370 e. The van der Waals surface area contributed by atoms with Crippen LogP contribution in [0, 0.1) is 0 Å². The molecule has 1 aliphatic carbocycles. The van der Waals surface area contributed by atoms with Gasteiger partial charge in [0.15, 0.2) is 5.96 Å². The Morgan fingerprint density at radius 3 is 2.68 bits per heavy atom. The maximum absolute atomic E-state index is 5.90. The molecule has 0 amide bonds. The first-order chi connectivity index (χ1) is 10.3. The molecule has 116 valence electrons. The van der Waals surface area contributed by atoms with E-state index in [9.17, 15) is 0 Å². The lowest BCUT2D eigenvalue weighted by atomic mass is 9.96. The van der Waals surface area contributed by atoms with Crippen LogP contribution in [0.3, 0.4) is 0 Å². The molecular formula is C17H21IN4. The van der Waals surface area contributed by atoms with Crippen molar-refractivity contribution in [2.75, 3.05) is 5.32 Å². The molecule has 1 aromatic heterocycles. The molecule has 4 nitrogen and oxygen atoms in total. The molecule has 0 saturated carbocycles. The Morgan fingerprint density at radius 1 is 1.09 bits per heavy atom. The van der Waals surface area contributed by atoms with Gasteiger partial charge in [0.05, 0.1) is 12.2 Å². The minimum atomic E-state index is 0. The summed E-state index contributed by atoms with van der Waals surface area (Å²) in [5.41, 5.74) is 10.5. The Hall–Kier alpha value is -1.63. The van der Waals surface area contributed by atoms with Gasteiger partial charge in [0.25, 0.3) is 0 Å². The Morgan fingerprint density at radius 2 is 1.86 bits per heavy atom. The number of nitrogens with zero attached hydrogens (tertiary/aromatic N) is 2. The highest BCUT2D eigenvalue weighted by molar-refractivity contribution is 14.0. The average molecular weight is 408 g/mol. The van der Waals surface area contributed by atoms with E-state index in [-0.39, 0.29) is 24.0 Å². The highest BCUT2D eigenvalue weighted by Gasteiger charge is 2.10. The van der Waals surface area contributed by atoms with Crippen molar-refractivity contribution in [1.29, 1.82) is 0 Å². The Kier molecular flexibility index (Phi) is 6.18. The topological polar surface area (TPSA) is 63.3 Å². The van der Waals surface area contributed by atoms with Crippen molar-refractivity contribution >= 4 is 35.6 Å². The first kappa shape index (κ1) is 16.7. The zero-order valence-electron chi connectivity index (χ0n) is 12.5. The fraction of sp³-hybridized carbons (Fsp3) is 0.294. The number of nitrogens with one attached hydrogen (secondary N) is 1. The van der Waals surface area contributed by atoms with E-state index >= 15 is 0 Å². The minimum absolute atomic E-state index is 0. The Bertz CT molecular complexity index is 640. The molecule has 3 rings (SSSR count). The summed E-state index contributed by atoms with van der Waals surface area (Å²) in [7, 11) is 0. The highest BCUT2D eigenvalue weighted by atomic mass is 127. The highest BCUT2D eigenvalue weighted by Crippen LogP contribution is 2.19. The second kappa shape index (κ2) is 8.12. The molecule has 0 spiro atoms. The molecule has 0 fully saturated rings. The number of pyridine rings is 1. The number of aliphatic imine (C=N–C) groups is 1. The van der Waals surface area contributed by atoms with E-state index in [1.165, 1.54) is 24.1 Å². The van der Waals surface area contributed by atoms with E-state index in [1.807, 2.05) is 30.3 Å². The maximum Gasteiger partial charge on any atom is 0.193 e. The third-order valence-electron chi connectivity index (χ3n) is 3.69. The molecule has 22 heavy (non-hydrogen) atoms. The first-order valence-electron chi connectivity index (χ1n) is 7.41. The van der Waals surface area contributed by atoms with Crippen molar-refractivity contribution in [2.45, 2.75) is 32.2 Å². The van der Waals surface area contributed by atoms with Crippen LogP contribution in [-0.4, -0.2) is 10.9 Å². The third-order valence-corrected chi connectivity index (χ3v) is 3.69. The quantitative estimate of drug-likeness (QED) is 0.464. The van der Waals surface area contributed by atoms with Gasteiger partial charge in [-0.05, 0) is 49.4 Å². The second-order valence-corrected chi connectivity index (χ2v) is 5.31. The van der Waals surface area contributed by atoms with Crippen molar-refractivity contribution in [3.05, 3.63) is 59.4 Å².